The van der Waals surface area contributed by atoms with Gasteiger partial charge in [0.05, 0.1) is 11.9 Å². The van der Waals surface area contributed by atoms with Crippen LogP contribution in [0.25, 0.3) is 5.65 Å². The molecule has 9 heteroatoms. The first-order valence-electron chi connectivity index (χ1n) is 8.58. The fourth-order valence-electron chi connectivity index (χ4n) is 3.21. The number of imidazole rings is 1. The molecule has 0 bridgehead atoms. The first-order valence-corrected chi connectivity index (χ1v) is 8.58. The maximum Gasteiger partial charge on any atom is 0.434 e. The Morgan fingerprint density at radius 1 is 1.08 bits per heavy atom. The zero-order chi connectivity index (χ0) is 18.1. The van der Waals surface area contributed by atoms with E-state index in [-0.39, 0.29) is 12.8 Å². The van der Waals surface area contributed by atoms with Crippen LogP contribution in [0.15, 0.2) is 30.6 Å². The summed E-state index contributed by atoms with van der Waals surface area (Å²) in [6.07, 6.45) is 3.39. The molecule has 0 spiro atoms. The van der Waals surface area contributed by atoms with Crippen molar-refractivity contribution in [2.45, 2.75) is 19.4 Å². The summed E-state index contributed by atoms with van der Waals surface area (Å²) in [6, 6.07) is 5.87. The molecule has 2 aliphatic heterocycles. The number of imide groups is 1. The molecule has 0 aromatic carbocycles. The minimum atomic E-state index is -0.650. The van der Waals surface area contributed by atoms with Gasteiger partial charge < -0.3 is 14.1 Å². The van der Waals surface area contributed by atoms with Gasteiger partial charge in [-0.3, -0.25) is 14.5 Å². The first kappa shape index (κ1) is 16.5. The second kappa shape index (κ2) is 6.75. The number of piperazine rings is 1. The maximum absolute atomic E-state index is 12.2. The van der Waals surface area contributed by atoms with Crippen LogP contribution in [-0.4, -0.2) is 68.3 Å². The lowest BCUT2D eigenvalue weighted by molar-refractivity contribution is -0.174. The third kappa shape index (κ3) is 3.13. The predicted octanol–water partition coefficient (Wildman–Crippen LogP) is 0.652. The molecule has 0 saturated carbocycles. The fraction of sp³-hybridized carbons (Fsp3) is 0.412. The molecule has 2 aromatic rings. The minimum absolute atomic E-state index is 0.0964. The largest absolute Gasteiger partial charge is 0.434 e. The average molecular weight is 357 g/mol. The highest BCUT2D eigenvalue weighted by Gasteiger charge is 2.34. The molecular formula is C17H19N5O4. The summed E-state index contributed by atoms with van der Waals surface area (Å²) in [7, 11) is 0. The summed E-state index contributed by atoms with van der Waals surface area (Å²) >= 11 is 0. The molecule has 9 nitrogen and oxygen atoms in total. The summed E-state index contributed by atoms with van der Waals surface area (Å²) in [5.41, 5.74) is 1.99. The highest BCUT2D eigenvalue weighted by atomic mass is 16.7. The summed E-state index contributed by atoms with van der Waals surface area (Å²) in [6.45, 7) is 3.04. The zero-order valence-corrected chi connectivity index (χ0v) is 14.2. The van der Waals surface area contributed by atoms with Gasteiger partial charge in [-0.05, 0) is 12.1 Å². The number of aromatic nitrogens is 2. The van der Waals surface area contributed by atoms with Gasteiger partial charge in [-0.15, -0.1) is 5.06 Å². The maximum atomic E-state index is 12.2. The molecule has 136 valence electrons. The molecule has 2 saturated heterocycles. The normalized spacial score (nSPS) is 18.8. The van der Waals surface area contributed by atoms with Crippen molar-refractivity contribution in [2.75, 3.05) is 26.2 Å². The highest BCUT2D eigenvalue weighted by molar-refractivity contribution is 6.01. The van der Waals surface area contributed by atoms with E-state index in [0.717, 1.165) is 17.9 Å². The number of fused-ring (bicyclic) bond motifs is 1. The zero-order valence-electron chi connectivity index (χ0n) is 14.2. The Labute approximate surface area is 149 Å². The molecular weight excluding hydrogens is 338 g/mol. The number of amides is 3. The van der Waals surface area contributed by atoms with Crippen molar-refractivity contribution in [3.05, 3.63) is 36.3 Å². The van der Waals surface area contributed by atoms with Crippen LogP contribution < -0.4 is 0 Å². The smallest absolute Gasteiger partial charge is 0.311 e. The van der Waals surface area contributed by atoms with E-state index in [2.05, 4.69) is 9.88 Å². The topological polar surface area (TPSA) is 87.5 Å². The van der Waals surface area contributed by atoms with Gasteiger partial charge in [0, 0.05) is 51.8 Å². The van der Waals surface area contributed by atoms with E-state index >= 15 is 0 Å². The SMILES string of the molecule is O=C(ON1C(=O)CCC1=O)N1CCN(Cc2cnc3ccccn23)CC1. The van der Waals surface area contributed by atoms with E-state index in [1.807, 2.05) is 35.0 Å². The Morgan fingerprint density at radius 3 is 2.54 bits per heavy atom. The van der Waals surface area contributed by atoms with Crippen LogP contribution in [0, 0.1) is 0 Å². The highest BCUT2D eigenvalue weighted by Crippen LogP contribution is 2.15. The van der Waals surface area contributed by atoms with Crippen molar-refractivity contribution >= 4 is 23.6 Å². The number of pyridine rings is 1. The Balaban J connectivity index is 1.32. The second-order valence-electron chi connectivity index (χ2n) is 6.38. The number of hydrogen-bond donors (Lipinski definition) is 0. The molecule has 4 heterocycles. The van der Waals surface area contributed by atoms with Crippen molar-refractivity contribution in [2.24, 2.45) is 0 Å². The summed E-state index contributed by atoms with van der Waals surface area (Å²) in [5.74, 6) is -0.927. The van der Waals surface area contributed by atoms with Crippen LogP contribution in [0.4, 0.5) is 4.79 Å². The molecule has 0 unspecified atom stereocenters. The molecule has 4 rings (SSSR count). The summed E-state index contributed by atoms with van der Waals surface area (Å²) in [5, 5.41) is 0.590. The van der Waals surface area contributed by atoms with E-state index in [4.69, 9.17) is 4.84 Å². The van der Waals surface area contributed by atoms with Crippen molar-refractivity contribution < 1.29 is 19.2 Å². The minimum Gasteiger partial charge on any atom is -0.311 e. The summed E-state index contributed by atoms with van der Waals surface area (Å²) in [4.78, 5) is 48.3. The predicted molar refractivity (Wildman–Crippen MR) is 89.6 cm³/mol. The molecule has 0 aliphatic carbocycles. The lowest BCUT2D eigenvalue weighted by atomic mass is 10.3. The van der Waals surface area contributed by atoms with Gasteiger partial charge in [-0.2, -0.15) is 0 Å². The van der Waals surface area contributed by atoms with Crippen LogP contribution in [0.3, 0.4) is 0 Å². The standard InChI is InChI=1S/C17H19N5O4/c23-15-4-5-16(24)22(15)26-17(25)20-9-7-19(8-10-20)12-13-11-18-14-3-1-2-6-21(13)14/h1-3,6,11H,4-5,7-10,12H2. The lowest BCUT2D eigenvalue weighted by Crippen LogP contribution is -2.50. The third-order valence-corrected chi connectivity index (χ3v) is 4.68. The number of carbonyl (C=O) groups excluding carboxylic acids is 3. The van der Waals surface area contributed by atoms with Gasteiger partial charge in [0.1, 0.15) is 5.65 Å². The monoisotopic (exact) mass is 357 g/mol. The molecule has 2 fully saturated rings. The lowest BCUT2D eigenvalue weighted by Gasteiger charge is -2.34. The number of rotatable bonds is 3. The second-order valence-corrected chi connectivity index (χ2v) is 6.38. The quantitative estimate of drug-likeness (QED) is 0.750. The number of carbonyl (C=O) groups is 3. The van der Waals surface area contributed by atoms with Crippen LogP contribution >= 0.6 is 0 Å². The molecule has 2 aliphatic rings. The molecule has 0 radical (unpaired) electrons. The van der Waals surface area contributed by atoms with Crippen LogP contribution in [0.5, 0.6) is 0 Å². The molecule has 2 aromatic heterocycles. The number of hydrogen-bond acceptors (Lipinski definition) is 6. The van der Waals surface area contributed by atoms with Gasteiger partial charge >= 0.3 is 6.09 Å². The van der Waals surface area contributed by atoms with E-state index in [1.54, 1.807) is 0 Å². The van der Waals surface area contributed by atoms with Crippen molar-refractivity contribution in [3.63, 3.8) is 0 Å². The Hall–Kier alpha value is -2.94. The van der Waals surface area contributed by atoms with Crippen LogP contribution in [-0.2, 0) is 21.0 Å². The fourth-order valence-corrected chi connectivity index (χ4v) is 3.21. The first-order chi connectivity index (χ1) is 12.6. The van der Waals surface area contributed by atoms with Gasteiger partial charge in [0.15, 0.2) is 0 Å². The Bertz CT molecular complexity index is 840. The van der Waals surface area contributed by atoms with Crippen LogP contribution in [0.2, 0.25) is 0 Å². The van der Waals surface area contributed by atoms with Crippen molar-refractivity contribution in [1.82, 2.24) is 24.2 Å². The van der Waals surface area contributed by atoms with Gasteiger partial charge in [0.2, 0.25) is 0 Å². The summed E-state index contributed by atoms with van der Waals surface area (Å²) < 4.78 is 2.05. The Morgan fingerprint density at radius 2 is 1.81 bits per heavy atom. The Kier molecular flexibility index (Phi) is 4.29. The average Bonchev–Trinajstić information content (AvgIpc) is 3.21. The van der Waals surface area contributed by atoms with Gasteiger partial charge in [-0.1, -0.05) is 6.07 Å². The van der Waals surface area contributed by atoms with E-state index < -0.39 is 17.9 Å². The third-order valence-electron chi connectivity index (χ3n) is 4.68. The number of nitrogens with zero attached hydrogens (tertiary/aromatic N) is 5. The van der Waals surface area contributed by atoms with E-state index in [1.165, 1.54) is 4.90 Å². The van der Waals surface area contributed by atoms with Gasteiger partial charge in [0.25, 0.3) is 11.8 Å². The molecule has 0 atom stereocenters. The molecule has 0 N–H and O–H groups in total. The number of hydroxylamine groups is 2. The van der Waals surface area contributed by atoms with E-state index in [9.17, 15) is 14.4 Å². The van der Waals surface area contributed by atoms with Gasteiger partial charge in [-0.25, -0.2) is 9.78 Å². The van der Waals surface area contributed by atoms with E-state index in [0.29, 0.717) is 31.2 Å². The van der Waals surface area contributed by atoms with Crippen molar-refractivity contribution in [3.8, 4) is 0 Å². The van der Waals surface area contributed by atoms with Crippen molar-refractivity contribution in [1.29, 1.82) is 0 Å². The van der Waals surface area contributed by atoms with Crippen LogP contribution in [0.1, 0.15) is 18.5 Å². The molecule has 26 heavy (non-hydrogen) atoms. The molecule has 3 amide bonds.